The molecular formula is C19H24N2O. The monoisotopic (exact) mass is 296 g/mol. The summed E-state index contributed by atoms with van der Waals surface area (Å²) in [6.07, 6.45) is 2.33. The molecule has 22 heavy (non-hydrogen) atoms. The van der Waals surface area contributed by atoms with Crippen LogP contribution in [0.3, 0.4) is 0 Å². The zero-order valence-corrected chi connectivity index (χ0v) is 12.9. The van der Waals surface area contributed by atoms with E-state index in [2.05, 4.69) is 40.5 Å². The highest BCUT2D eigenvalue weighted by atomic mass is 16.3. The molecule has 2 N–H and O–H groups in total. The SMILES string of the molecule is Oc1ccccc1CNC1CCN(Cc2ccccc2)CC1. The average molecular weight is 296 g/mol. The minimum atomic E-state index is 0.386. The Bertz CT molecular complexity index is 577. The van der Waals surface area contributed by atoms with Crippen LogP contribution < -0.4 is 5.32 Å². The maximum Gasteiger partial charge on any atom is 0.120 e. The van der Waals surface area contributed by atoms with Gasteiger partial charge in [0.1, 0.15) is 5.75 Å². The van der Waals surface area contributed by atoms with Gasteiger partial charge in [-0.25, -0.2) is 0 Å². The smallest absolute Gasteiger partial charge is 0.120 e. The molecule has 1 fully saturated rings. The second-order valence-electron chi connectivity index (χ2n) is 6.05. The highest BCUT2D eigenvalue weighted by Crippen LogP contribution is 2.17. The third kappa shape index (κ3) is 4.09. The van der Waals surface area contributed by atoms with Gasteiger partial charge in [-0.1, -0.05) is 48.5 Å². The van der Waals surface area contributed by atoms with Crippen molar-refractivity contribution in [3.63, 3.8) is 0 Å². The zero-order chi connectivity index (χ0) is 15.2. The molecule has 0 bridgehead atoms. The molecule has 1 aliphatic rings. The van der Waals surface area contributed by atoms with Gasteiger partial charge in [-0.05, 0) is 37.6 Å². The number of nitrogens with zero attached hydrogens (tertiary/aromatic N) is 1. The Morgan fingerprint density at radius 2 is 1.64 bits per heavy atom. The van der Waals surface area contributed by atoms with Crippen LogP contribution in [-0.2, 0) is 13.1 Å². The van der Waals surface area contributed by atoms with Crippen molar-refractivity contribution in [1.29, 1.82) is 0 Å². The van der Waals surface area contributed by atoms with E-state index in [-0.39, 0.29) is 0 Å². The fourth-order valence-corrected chi connectivity index (χ4v) is 3.05. The van der Waals surface area contributed by atoms with Gasteiger partial charge in [-0.2, -0.15) is 0 Å². The quantitative estimate of drug-likeness (QED) is 0.890. The lowest BCUT2D eigenvalue weighted by Crippen LogP contribution is -2.41. The van der Waals surface area contributed by atoms with E-state index < -0.39 is 0 Å². The Kier molecular flexibility index (Phi) is 5.09. The van der Waals surface area contributed by atoms with Crippen molar-refractivity contribution in [3.05, 3.63) is 65.7 Å². The van der Waals surface area contributed by atoms with Crippen LogP contribution >= 0.6 is 0 Å². The molecule has 0 atom stereocenters. The molecule has 1 aliphatic heterocycles. The van der Waals surface area contributed by atoms with Crippen molar-refractivity contribution in [2.24, 2.45) is 0 Å². The minimum absolute atomic E-state index is 0.386. The Morgan fingerprint density at radius 1 is 0.955 bits per heavy atom. The van der Waals surface area contributed by atoms with Gasteiger partial charge in [0.15, 0.2) is 0 Å². The van der Waals surface area contributed by atoms with E-state index in [0.29, 0.717) is 11.8 Å². The predicted molar refractivity (Wildman–Crippen MR) is 89.7 cm³/mol. The molecule has 0 saturated carbocycles. The Labute approximate surface area is 132 Å². The van der Waals surface area contributed by atoms with E-state index in [1.807, 2.05) is 18.2 Å². The molecule has 3 heteroatoms. The van der Waals surface area contributed by atoms with Crippen molar-refractivity contribution in [2.75, 3.05) is 13.1 Å². The van der Waals surface area contributed by atoms with Crippen LogP contribution in [0.2, 0.25) is 0 Å². The molecule has 2 aromatic rings. The van der Waals surface area contributed by atoms with Crippen molar-refractivity contribution in [2.45, 2.75) is 32.0 Å². The van der Waals surface area contributed by atoms with Crippen LogP contribution in [0.1, 0.15) is 24.0 Å². The summed E-state index contributed by atoms with van der Waals surface area (Å²) in [5.74, 6) is 0.386. The Hall–Kier alpha value is -1.84. The lowest BCUT2D eigenvalue weighted by atomic mass is 10.0. The van der Waals surface area contributed by atoms with E-state index in [0.717, 1.165) is 31.7 Å². The first-order valence-corrected chi connectivity index (χ1v) is 8.08. The third-order valence-electron chi connectivity index (χ3n) is 4.41. The second kappa shape index (κ2) is 7.43. The minimum Gasteiger partial charge on any atom is -0.508 e. The Morgan fingerprint density at radius 3 is 2.36 bits per heavy atom. The molecule has 1 heterocycles. The van der Waals surface area contributed by atoms with Crippen molar-refractivity contribution >= 4 is 0 Å². The van der Waals surface area contributed by atoms with E-state index in [4.69, 9.17) is 0 Å². The number of hydrogen-bond donors (Lipinski definition) is 2. The van der Waals surface area contributed by atoms with Crippen LogP contribution in [-0.4, -0.2) is 29.1 Å². The van der Waals surface area contributed by atoms with Gasteiger partial charge in [-0.15, -0.1) is 0 Å². The molecule has 116 valence electrons. The topological polar surface area (TPSA) is 35.5 Å². The van der Waals surface area contributed by atoms with Crippen LogP contribution in [0.15, 0.2) is 54.6 Å². The van der Waals surface area contributed by atoms with E-state index in [9.17, 15) is 5.11 Å². The molecule has 3 rings (SSSR count). The number of hydrogen-bond acceptors (Lipinski definition) is 3. The molecule has 1 saturated heterocycles. The second-order valence-corrected chi connectivity index (χ2v) is 6.05. The predicted octanol–water partition coefficient (Wildman–Crippen LogP) is 3.15. The van der Waals surface area contributed by atoms with Crippen LogP contribution in [0.4, 0.5) is 0 Å². The number of likely N-dealkylation sites (tertiary alicyclic amines) is 1. The number of phenolic OH excluding ortho intramolecular Hbond substituents is 1. The van der Waals surface area contributed by atoms with Gasteiger partial charge in [-0.3, -0.25) is 4.90 Å². The zero-order valence-electron chi connectivity index (χ0n) is 12.9. The number of nitrogens with one attached hydrogen (secondary N) is 1. The van der Waals surface area contributed by atoms with E-state index in [1.165, 1.54) is 18.4 Å². The van der Waals surface area contributed by atoms with Crippen molar-refractivity contribution in [1.82, 2.24) is 10.2 Å². The summed E-state index contributed by atoms with van der Waals surface area (Å²) in [6, 6.07) is 18.8. The molecule has 0 aromatic heterocycles. The van der Waals surface area contributed by atoms with E-state index >= 15 is 0 Å². The highest BCUT2D eigenvalue weighted by Gasteiger charge is 2.18. The van der Waals surface area contributed by atoms with E-state index in [1.54, 1.807) is 6.07 Å². The first-order chi connectivity index (χ1) is 10.8. The summed E-state index contributed by atoms with van der Waals surface area (Å²) in [6.45, 7) is 4.06. The van der Waals surface area contributed by atoms with Crippen molar-refractivity contribution < 1.29 is 5.11 Å². The van der Waals surface area contributed by atoms with Gasteiger partial charge in [0.25, 0.3) is 0 Å². The van der Waals surface area contributed by atoms with Crippen LogP contribution in [0, 0.1) is 0 Å². The standard InChI is InChI=1S/C19H24N2O/c22-19-9-5-4-8-17(19)14-20-18-10-12-21(13-11-18)15-16-6-2-1-3-7-16/h1-9,18,20,22H,10-15H2. The normalized spacial score (nSPS) is 16.7. The fourth-order valence-electron chi connectivity index (χ4n) is 3.05. The number of rotatable bonds is 5. The summed E-state index contributed by atoms with van der Waals surface area (Å²) in [4.78, 5) is 2.52. The first kappa shape index (κ1) is 15.1. The van der Waals surface area contributed by atoms with Gasteiger partial charge >= 0.3 is 0 Å². The van der Waals surface area contributed by atoms with Gasteiger partial charge in [0, 0.05) is 24.7 Å². The number of phenols is 1. The molecule has 2 aromatic carbocycles. The van der Waals surface area contributed by atoms with Crippen molar-refractivity contribution in [3.8, 4) is 5.75 Å². The molecule has 0 aliphatic carbocycles. The third-order valence-corrected chi connectivity index (χ3v) is 4.41. The molecule has 0 spiro atoms. The largest absolute Gasteiger partial charge is 0.508 e. The van der Waals surface area contributed by atoms with Gasteiger partial charge in [0.2, 0.25) is 0 Å². The van der Waals surface area contributed by atoms with Gasteiger partial charge in [0.05, 0.1) is 0 Å². The molecule has 0 amide bonds. The van der Waals surface area contributed by atoms with Crippen LogP contribution in [0.25, 0.3) is 0 Å². The first-order valence-electron chi connectivity index (χ1n) is 8.08. The highest BCUT2D eigenvalue weighted by molar-refractivity contribution is 5.31. The maximum absolute atomic E-state index is 9.80. The Balaban J connectivity index is 1.43. The number of piperidine rings is 1. The summed E-state index contributed by atoms with van der Waals surface area (Å²) >= 11 is 0. The summed E-state index contributed by atoms with van der Waals surface area (Å²) in [7, 11) is 0. The van der Waals surface area contributed by atoms with Crippen LogP contribution in [0.5, 0.6) is 5.75 Å². The lowest BCUT2D eigenvalue weighted by molar-refractivity contribution is 0.190. The lowest BCUT2D eigenvalue weighted by Gasteiger charge is -2.32. The number of aromatic hydroxyl groups is 1. The maximum atomic E-state index is 9.80. The summed E-state index contributed by atoms with van der Waals surface area (Å²) in [5.41, 5.74) is 2.37. The van der Waals surface area contributed by atoms with Gasteiger partial charge < -0.3 is 10.4 Å². The molecule has 0 radical (unpaired) electrons. The number of benzene rings is 2. The molecule has 3 nitrogen and oxygen atoms in total. The molecular weight excluding hydrogens is 272 g/mol. The fraction of sp³-hybridized carbons (Fsp3) is 0.368. The summed E-state index contributed by atoms with van der Waals surface area (Å²) < 4.78 is 0. The molecule has 0 unspecified atom stereocenters. The summed E-state index contributed by atoms with van der Waals surface area (Å²) in [5, 5.41) is 13.4. The average Bonchev–Trinajstić information content (AvgIpc) is 2.56. The number of para-hydroxylation sites is 1.